The van der Waals surface area contributed by atoms with Crippen molar-refractivity contribution in [3.8, 4) is 0 Å². The number of nitrogens with one attached hydrogen (secondary N) is 2. The molecule has 0 aromatic rings. The highest BCUT2D eigenvalue weighted by Crippen LogP contribution is 2.42. The Kier molecular flexibility index (Phi) is 5.58. The van der Waals surface area contributed by atoms with Crippen molar-refractivity contribution in [3.05, 3.63) is 0 Å². The topological polar surface area (TPSA) is 41.1 Å². The van der Waals surface area contributed by atoms with Crippen LogP contribution in [0.5, 0.6) is 0 Å². The van der Waals surface area contributed by atoms with Crippen LogP contribution in [0, 0.1) is 11.3 Å². The van der Waals surface area contributed by atoms with E-state index in [0.717, 1.165) is 30.5 Å². The van der Waals surface area contributed by atoms with Crippen molar-refractivity contribution in [1.29, 1.82) is 0 Å². The van der Waals surface area contributed by atoms with Gasteiger partial charge < -0.3 is 10.6 Å². The Morgan fingerprint density at radius 1 is 1.42 bits per heavy atom. The molecule has 2 fully saturated rings. The molecule has 1 saturated carbocycles. The van der Waals surface area contributed by atoms with Crippen molar-refractivity contribution < 1.29 is 4.79 Å². The van der Waals surface area contributed by atoms with Gasteiger partial charge in [-0.15, -0.1) is 0 Å². The minimum absolute atomic E-state index is 0.0243. The molecule has 2 rings (SSSR count). The molecule has 1 heterocycles. The summed E-state index contributed by atoms with van der Waals surface area (Å²) in [6.45, 7) is 6.43. The average Bonchev–Trinajstić information content (AvgIpc) is 2.85. The monoisotopic (exact) mass is 284 g/mol. The van der Waals surface area contributed by atoms with Crippen LogP contribution in [0.2, 0.25) is 0 Å². The summed E-state index contributed by atoms with van der Waals surface area (Å²) in [5.41, 5.74) is 0.381. The third-order valence-electron chi connectivity index (χ3n) is 4.38. The quantitative estimate of drug-likeness (QED) is 0.814. The van der Waals surface area contributed by atoms with Crippen molar-refractivity contribution in [2.24, 2.45) is 11.3 Å². The third kappa shape index (κ3) is 4.38. The van der Waals surface area contributed by atoms with Gasteiger partial charge in [-0.1, -0.05) is 26.7 Å². The Balaban J connectivity index is 1.82. The zero-order valence-corrected chi connectivity index (χ0v) is 13.2. The van der Waals surface area contributed by atoms with Crippen LogP contribution in [0.25, 0.3) is 0 Å². The van der Waals surface area contributed by atoms with Crippen molar-refractivity contribution in [1.82, 2.24) is 10.6 Å². The molecule has 1 aliphatic carbocycles. The number of hydrogen-bond donors (Lipinski definition) is 2. The first-order chi connectivity index (χ1) is 9.11. The average molecular weight is 284 g/mol. The maximum absolute atomic E-state index is 12.2. The lowest BCUT2D eigenvalue weighted by molar-refractivity contribution is -0.123. The lowest BCUT2D eigenvalue weighted by atomic mass is 9.78. The van der Waals surface area contributed by atoms with E-state index in [2.05, 4.69) is 24.5 Å². The van der Waals surface area contributed by atoms with Crippen molar-refractivity contribution in [2.45, 2.75) is 52.0 Å². The Labute approximate surface area is 121 Å². The Morgan fingerprint density at radius 2 is 2.16 bits per heavy atom. The summed E-state index contributed by atoms with van der Waals surface area (Å²) in [4.78, 5) is 12.2. The zero-order valence-electron chi connectivity index (χ0n) is 12.3. The fraction of sp³-hybridized carbons (Fsp3) is 0.933. The summed E-state index contributed by atoms with van der Waals surface area (Å²) >= 11 is 1.88. The summed E-state index contributed by atoms with van der Waals surface area (Å²) < 4.78 is 0. The number of hydrogen-bond acceptors (Lipinski definition) is 3. The van der Waals surface area contributed by atoms with Gasteiger partial charge in [-0.2, -0.15) is 11.8 Å². The van der Waals surface area contributed by atoms with Gasteiger partial charge in [-0.05, 0) is 30.6 Å². The van der Waals surface area contributed by atoms with E-state index in [1.54, 1.807) is 0 Å². The predicted octanol–water partition coefficient (Wildman–Crippen LogP) is 2.41. The van der Waals surface area contributed by atoms with Crippen molar-refractivity contribution in [2.75, 3.05) is 24.6 Å². The van der Waals surface area contributed by atoms with Gasteiger partial charge in [-0.3, -0.25) is 4.79 Å². The van der Waals surface area contributed by atoms with Gasteiger partial charge in [0.2, 0.25) is 5.91 Å². The number of carbonyl (C=O) groups excluding carboxylic acids is 1. The highest BCUT2D eigenvalue weighted by atomic mass is 32.2. The molecule has 0 aromatic heterocycles. The molecule has 1 atom stereocenters. The molecule has 1 saturated heterocycles. The molecule has 2 aliphatic rings. The summed E-state index contributed by atoms with van der Waals surface area (Å²) in [5, 5.41) is 6.54. The molecule has 0 aromatic carbocycles. The summed E-state index contributed by atoms with van der Waals surface area (Å²) in [7, 11) is 0. The van der Waals surface area contributed by atoms with Crippen molar-refractivity contribution in [3.63, 3.8) is 0 Å². The molecule has 0 bridgehead atoms. The Morgan fingerprint density at radius 3 is 2.74 bits per heavy atom. The van der Waals surface area contributed by atoms with Gasteiger partial charge in [0.25, 0.3) is 0 Å². The van der Waals surface area contributed by atoms with E-state index < -0.39 is 0 Å². The highest BCUT2D eigenvalue weighted by Gasteiger charge is 2.35. The van der Waals surface area contributed by atoms with E-state index in [1.165, 1.54) is 32.1 Å². The minimum atomic E-state index is 0.0243. The third-order valence-corrected chi connectivity index (χ3v) is 5.44. The van der Waals surface area contributed by atoms with Crippen molar-refractivity contribution >= 4 is 17.7 Å². The molecular weight excluding hydrogens is 256 g/mol. The molecule has 110 valence electrons. The van der Waals surface area contributed by atoms with E-state index >= 15 is 0 Å². The van der Waals surface area contributed by atoms with Gasteiger partial charge in [0.1, 0.15) is 0 Å². The summed E-state index contributed by atoms with van der Waals surface area (Å²) in [5.74, 6) is 2.98. The molecular formula is C15H28N2OS. The van der Waals surface area contributed by atoms with E-state index in [1.807, 2.05) is 11.8 Å². The number of amides is 1. The number of thioether (sulfide) groups is 1. The van der Waals surface area contributed by atoms with Gasteiger partial charge >= 0.3 is 0 Å². The fourth-order valence-electron chi connectivity index (χ4n) is 3.58. The first-order valence-electron chi connectivity index (χ1n) is 7.70. The molecule has 1 aliphatic heterocycles. The molecule has 2 N–H and O–H groups in total. The van der Waals surface area contributed by atoms with Crippen LogP contribution in [0.15, 0.2) is 0 Å². The number of carbonyl (C=O) groups is 1. The lowest BCUT2D eigenvalue weighted by Gasteiger charge is -2.32. The van der Waals surface area contributed by atoms with E-state index in [4.69, 9.17) is 0 Å². The smallest absolute Gasteiger partial charge is 0.238 e. The molecule has 19 heavy (non-hydrogen) atoms. The molecule has 0 spiro atoms. The van der Waals surface area contributed by atoms with Gasteiger partial charge in [-0.25, -0.2) is 0 Å². The second kappa shape index (κ2) is 6.98. The SMILES string of the molecule is CC(C)CC1(CNC(=O)C2CSCCN2)CCCC1. The van der Waals surface area contributed by atoms with Crippen LogP contribution in [0.3, 0.4) is 0 Å². The fourth-order valence-corrected chi connectivity index (χ4v) is 4.51. The van der Waals surface area contributed by atoms with Gasteiger partial charge in [0.15, 0.2) is 0 Å². The van der Waals surface area contributed by atoms with Crippen LogP contribution in [-0.2, 0) is 4.79 Å². The molecule has 1 unspecified atom stereocenters. The van der Waals surface area contributed by atoms with Crippen LogP contribution >= 0.6 is 11.8 Å². The van der Waals surface area contributed by atoms with Crippen LogP contribution in [0.1, 0.15) is 46.0 Å². The number of rotatable bonds is 5. The summed E-state index contributed by atoms with van der Waals surface area (Å²) in [6, 6.07) is 0.0243. The Hall–Kier alpha value is -0.220. The first-order valence-corrected chi connectivity index (χ1v) is 8.86. The van der Waals surface area contributed by atoms with E-state index in [9.17, 15) is 4.79 Å². The maximum Gasteiger partial charge on any atom is 0.238 e. The normalized spacial score (nSPS) is 26.6. The molecule has 3 nitrogen and oxygen atoms in total. The van der Waals surface area contributed by atoms with Gasteiger partial charge in [0.05, 0.1) is 6.04 Å². The van der Waals surface area contributed by atoms with E-state index in [0.29, 0.717) is 5.41 Å². The summed E-state index contributed by atoms with van der Waals surface area (Å²) in [6.07, 6.45) is 6.50. The van der Waals surface area contributed by atoms with Crippen LogP contribution in [0.4, 0.5) is 0 Å². The molecule has 0 radical (unpaired) electrons. The largest absolute Gasteiger partial charge is 0.354 e. The van der Waals surface area contributed by atoms with Gasteiger partial charge in [0, 0.05) is 24.6 Å². The second-order valence-electron chi connectivity index (χ2n) is 6.60. The maximum atomic E-state index is 12.2. The highest BCUT2D eigenvalue weighted by molar-refractivity contribution is 7.99. The second-order valence-corrected chi connectivity index (χ2v) is 7.75. The standard InChI is InChI=1S/C15H28N2OS/c1-12(2)9-15(5-3-4-6-15)11-17-14(18)13-10-19-8-7-16-13/h12-13,16H,3-11H2,1-2H3,(H,17,18). The molecule has 4 heteroatoms. The molecule has 1 amide bonds. The first kappa shape index (κ1) is 15.2. The predicted molar refractivity (Wildman–Crippen MR) is 82.5 cm³/mol. The Bertz CT molecular complexity index is 295. The lowest BCUT2D eigenvalue weighted by Crippen LogP contribution is -2.51. The minimum Gasteiger partial charge on any atom is -0.354 e. The van der Waals surface area contributed by atoms with Crippen LogP contribution in [-0.4, -0.2) is 36.5 Å². The van der Waals surface area contributed by atoms with E-state index in [-0.39, 0.29) is 11.9 Å². The van der Waals surface area contributed by atoms with Crippen LogP contribution < -0.4 is 10.6 Å². The zero-order chi connectivity index (χ0) is 13.7.